The zero-order valence-electron chi connectivity index (χ0n) is 3.63. The van der Waals surface area contributed by atoms with Crippen molar-refractivity contribution in [1.82, 2.24) is 0 Å². The third-order valence-electron chi connectivity index (χ3n) is 0.438. The van der Waals surface area contributed by atoms with Gasteiger partial charge < -0.3 is 0 Å². The summed E-state index contributed by atoms with van der Waals surface area (Å²) in [5.41, 5.74) is 0. The lowest BCUT2D eigenvalue weighted by Crippen LogP contribution is -2.26. The Morgan fingerprint density at radius 2 is 1.75 bits per heavy atom. The largest absolute Gasteiger partial charge is 0.411 e. The average molecular weight is 212 g/mol. The molecule has 8 heavy (non-hydrogen) atoms. The SMILES string of the molecule is O=C(CCl)[Si](Cl)(Cl)Cl. The molecule has 0 aromatic rings. The summed E-state index contributed by atoms with van der Waals surface area (Å²) in [6, 6.07) is -3.11. The molecule has 0 saturated heterocycles. The van der Waals surface area contributed by atoms with E-state index in [0.717, 1.165) is 0 Å². The van der Waals surface area contributed by atoms with Gasteiger partial charge in [-0.15, -0.1) is 44.8 Å². The van der Waals surface area contributed by atoms with Crippen LogP contribution in [0.2, 0.25) is 0 Å². The molecular formula is C2H2Cl4OSi. The zero-order valence-corrected chi connectivity index (χ0v) is 7.65. The lowest BCUT2D eigenvalue weighted by atomic mass is 10.9. The fourth-order valence-corrected chi connectivity index (χ4v) is 2.05. The lowest BCUT2D eigenvalue weighted by Gasteiger charge is -2.00. The Hall–Kier alpha value is 1.05. The van der Waals surface area contributed by atoms with E-state index >= 15 is 0 Å². The van der Waals surface area contributed by atoms with Gasteiger partial charge in [-0.05, 0) is 0 Å². The van der Waals surface area contributed by atoms with Crippen LogP contribution in [0.5, 0.6) is 0 Å². The molecule has 0 amide bonds. The third-order valence-corrected chi connectivity index (χ3v) is 3.61. The predicted octanol–water partition coefficient (Wildman–Crippen LogP) is 1.99. The first-order valence-corrected chi connectivity index (χ1v) is 7.21. The van der Waals surface area contributed by atoms with Crippen LogP contribution in [0.4, 0.5) is 0 Å². The second-order valence-electron chi connectivity index (χ2n) is 1.05. The van der Waals surface area contributed by atoms with Gasteiger partial charge in [-0.1, -0.05) is 0 Å². The van der Waals surface area contributed by atoms with Crippen molar-refractivity contribution >= 4 is 56.2 Å². The molecule has 0 aliphatic rings. The number of carbonyl (C=O) groups excluding carboxylic acids is 1. The van der Waals surface area contributed by atoms with Crippen molar-refractivity contribution < 1.29 is 4.79 Å². The minimum Gasteiger partial charge on any atom is -0.299 e. The number of halogens is 4. The standard InChI is InChI=1S/C2H2Cl4OSi/c3-1-2(7)8(4,5)6/h1H2. The molecule has 48 valence electrons. The van der Waals surface area contributed by atoms with Crippen molar-refractivity contribution in [3.63, 3.8) is 0 Å². The Balaban J connectivity index is 3.82. The highest BCUT2D eigenvalue weighted by molar-refractivity contribution is 7.75. The van der Waals surface area contributed by atoms with E-state index in [-0.39, 0.29) is 5.88 Å². The van der Waals surface area contributed by atoms with E-state index in [1.165, 1.54) is 0 Å². The van der Waals surface area contributed by atoms with Gasteiger partial charge >= 0.3 is 6.00 Å². The maximum atomic E-state index is 10.4. The summed E-state index contributed by atoms with van der Waals surface area (Å²) in [6.07, 6.45) is 0. The van der Waals surface area contributed by atoms with Crippen LogP contribution in [0.1, 0.15) is 0 Å². The van der Waals surface area contributed by atoms with Crippen LogP contribution in [0.3, 0.4) is 0 Å². The predicted molar refractivity (Wildman–Crippen MR) is 39.0 cm³/mol. The van der Waals surface area contributed by atoms with Gasteiger partial charge in [-0.3, -0.25) is 4.79 Å². The van der Waals surface area contributed by atoms with E-state index in [1.807, 2.05) is 0 Å². The fourth-order valence-electron chi connectivity index (χ4n) is 0.0758. The molecule has 0 aliphatic heterocycles. The molecule has 0 aromatic heterocycles. The summed E-state index contributed by atoms with van der Waals surface area (Å²) in [6.45, 7) is 0. The summed E-state index contributed by atoms with van der Waals surface area (Å²) in [7, 11) is 0. The minimum atomic E-state index is -3.11. The van der Waals surface area contributed by atoms with Crippen LogP contribution in [-0.4, -0.2) is 17.3 Å². The van der Waals surface area contributed by atoms with E-state index in [0.29, 0.717) is 0 Å². The van der Waals surface area contributed by atoms with Gasteiger partial charge in [-0.2, -0.15) is 0 Å². The lowest BCUT2D eigenvalue weighted by molar-refractivity contribution is -0.110. The first-order chi connectivity index (χ1) is 3.48. The fraction of sp³-hybridized carbons (Fsp3) is 0.500. The number of rotatable bonds is 2. The highest BCUT2D eigenvalue weighted by Crippen LogP contribution is 2.20. The van der Waals surface area contributed by atoms with Gasteiger partial charge in [0, 0.05) is 0 Å². The van der Waals surface area contributed by atoms with Crippen LogP contribution in [-0.2, 0) is 4.79 Å². The Labute approximate surface area is 67.0 Å². The molecule has 0 bridgehead atoms. The van der Waals surface area contributed by atoms with Crippen molar-refractivity contribution in [2.75, 3.05) is 5.88 Å². The molecule has 0 fully saturated rings. The molecule has 0 saturated carbocycles. The Morgan fingerprint density at radius 3 is 1.75 bits per heavy atom. The Kier molecular flexibility index (Phi) is 3.70. The van der Waals surface area contributed by atoms with Crippen LogP contribution in [0, 0.1) is 0 Å². The minimum absolute atomic E-state index is 0.206. The van der Waals surface area contributed by atoms with Gasteiger partial charge in [0.15, 0.2) is 5.41 Å². The van der Waals surface area contributed by atoms with E-state index in [1.54, 1.807) is 0 Å². The van der Waals surface area contributed by atoms with Crippen molar-refractivity contribution in [2.24, 2.45) is 0 Å². The molecule has 0 aliphatic carbocycles. The molecule has 0 unspecified atom stereocenters. The number of carbonyl (C=O) groups is 1. The molecule has 0 N–H and O–H groups in total. The van der Waals surface area contributed by atoms with Crippen LogP contribution in [0.25, 0.3) is 0 Å². The van der Waals surface area contributed by atoms with Crippen molar-refractivity contribution in [2.45, 2.75) is 0 Å². The number of alkyl halides is 1. The van der Waals surface area contributed by atoms with E-state index in [4.69, 9.17) is 44.8 Å². The van der Waals surface area contributed by atoms with Crippen molar-refractivity contribution in [3.8, 4) is 0 Å². The topological polar surface area (TPSA) is 17.1 Å². The molecule has 6 heteroatoms. The summed E-state index contributed by atoms with van der Waals surface area (Å²) in [5.74, 6) is -0.206. The molecule has 0 rings (SSSR count). The van der Waals surface area contributed by atoms with Gasteiger partial charge in [0.25, 0.3) is 0 Å². The van der Waals surface area contributed by atoms with Crippen LogP contribution in [0.15, 0.2) is 0 Å². The second kappa shape index (κ2) is 3.27. The summed E-state index contributed by atoms with van der Waals surface area (Å²) >= 11 is 20.7. The van der Waals surface area contributed by atoms with Gasteiger partial charge in [0.1, 0.15) is 0 Å². The molecule has 0 radical (unpaired) electrons. The smallest absolute Gasteiger partial charge is 0.299 e. The van der Waals surface area contributed by atoms with E-state index < -0.39 is 11.4 Å². The summed E-state index contributed by atoms with van der Waals surface area (Å²) < 4.78 is 0. The van der Waals surface area contributed by atoms with Gasteiger partial charge in [0.2, 0.25) is 0 Å². The number of hydrogen-bond acceptors (Lipinski definition) is 1. The van der Waals surface area contributed by atoms with Crippen LogP contribution >= 0.6 is 44.8 Å². The van der Waals surface area contributed by atoms with E-state index in [2.05, 4.69) is 0 Å². The first-order valence-electron chi connectivity index (χ1n) is 1.64. The highest BCUT2D eigenvalue weighted by atomic mass is 35.8. The first kappa shape index (κ1) is 9.05. The van der Waals surface area contributed by atoms with Crippen LogP contribution < -0.4 is 0 Å². The monoisotopic (exact) mass is 210 g/mol. The molecule has 0 aromatic carbocycles. The quantitative estimate of drug-likeness (QED) is 0.388. The molecular weight excluding hydrogens is 210 g/mol. The van der Waals surface area contributed by atoms with Gasteiger partial charge in [0.05, 0.1) is 5.88 Å². The summed E-state index contributed by atoms with van der Waals surface area (Å²) in [4.78, 5) is 10.4. The normalized spacial score (nSPS) is 11.5. The third kappa shape index (κ3) is 3.15. The molecule has 0 spiro atoms. The van der Waals surface area contributed by atoms with Gasteiger partial charge in [-0.25, -0.2) is 0 Å². The number of hydrogen-bond donors (Lipinski definition) is 0. The zero-order chi connectivity index (χ0) is 6.78. The van der Waals surface area contributed by atoms with Crippen molar-refractivity contribution in [1.29, 1.82) is 0 Å². The molecule has 0 heterocycles. The molecule has 1 nitrogen and oxygen atoms in total. The average Bonchev–Trinajstić information content (AvgIpc) is 1.62. The second-order valence-corrected chi connectivity index (χ2v) is 9.72. The maximum absolute atomic E-state index is 10.4. The summed E-state index contributed by atoms with van der Waals surface area (Å²) in [5, 5.41) is -0.468. The van der Waals surface area contributed by atoms with E-state index in [9.17, 15) is 4.79 Å². The Morgan fingerprint density at radius 1 is 1.38 bits per heavy atom. The highest BCUT2D eigenvalue weighted by Gasteiger charge is 2.34. The maximum Gasteiger partial charge on any atom is 0.411 e. The Bertz CT molecular complexity index is 96.7. The molecule has 0 atom stereocenters. The van der Waals surface area contributed by atoms with Crippen molar-refractivity contribution in [3.05, 3.63) is 0 Å².